The Morgan fingerprint density at radius 3 is 2.45 bits per heavy atom. The number of hydrogen-bond acceptors (Lipinski definition) is 8. The van der Waals surface area contributed by atoms with Crippen LogP contribution in [-0.2, 0) is 4.74 Å². The lowest BCUT2D eigenvalue weighted by Crippen LogP contribution is -2.44. The number of allylic oxidation sites excluding steroid dienone is 1. The van der Waals surface area contributed by atoms with E-state index in [0.717, 1.165) is 44.8 Å². The zero-order chi connectivity index (χ0) is 15.4. The summed E-state index contributed by atoms with van der Waals surface area (Å²) in [7, 11) is 3.04. The zero-order valence-corrected chi connectivity index (χ0v) is 12.9. The maximum atomic E-state index is 5.43. The molecule has 8 nitrogen and oxygen atoms in total. The van der Waals surface area contributed by atoms with E-state index in [-0.39, 0.29) is 12.0 Å². The Labute approximate surface area is 129 Å². The lowest BCUT2D eigenvalue weighted by molar-refractivity contribution is 0.0240. The van der Waals surface area contributed by atoms with Gasteiger partial charge in [0.2, 0.25) is 5.95 Å². The molecule has 0 radical (unpaired) electrons. The van der Waals surface area contributed by atoms with E-state index in [1.165, 1.54) is 14.2 Å². The highest BCUT2D eigenvalue weighted by atomic mass is 16.5. The number of aromatic nitrogens is 3. The van der Waals surface area contributed by atoms with Crippen molar-refractivity contribution < 1.29 is 14.2 Å². The maximum absolute atomic E-state index is 5.43. The van der Waals surface area contributed by atoms with E-state index in [2.05, 4.69) is 31.2 Å². The summed E-state index contributed by atoms with van der Waals surface area (Å²) in [4.78, 5) is 14.9. The van der Waals surface area contributed by atoms with Gasteiger partial charge in [-0.25, -0.2) is 0 Å². The van der Waals surface area contributed by atoms with Crippen molar-refractivity contribution >= 4 is 5.95 Å². The molecule has 0 amide bonds. The molecule has 1 fully saturated rings. The van der Waals surface area contributed by atoms with Gasteiger partial charge in [-0.2, -0.15) is 9.97 Å². The minimum absolute atomic E-state index is 0.232. The highest BCUT2D eigenvalue weighted by molar-refractivity contribution is 5.39. The number of hydrogen-bond donors (Lipinski definition) is 1. The molecule has 0 bridgehead atoms. The molecule has 22 heavy (non-hydrogen) atoms. The quantitative estimate of drug-likeness (QED) is 0.850. The van der Waals surface area contributed by atoms with Crippen molar-refractivity contribution in [3.8, 4) is 12.0 Å². The standard InChI is InChI=1S/C14H21N5O3/c1-20-13-16-12(17-14(18-13)21-2)15-10-4-3-5-11(10)19-6-8-22-9-7-19/h4,11H,3,5-9H2,1-2H3,(H,15,16,17,18). The van der Waals surface area contributed by atoms with Crippen LogP contribution in [0.5, 0.6) is 12.0 Å². The molecule has 1 atom stereocenters. The van der Waals surface area contributed by atoms with Crippen molar-refractivity contribution in [2.75, 3.05) is 45.8 Å². The maximum Gasteiger partial charge on any atom is 0.324 e. The second-order valence-corrected chi connectivity index (χ2v) is 5.16. The molecule has 1 unspecified atom stereocenters. The number of ether oxygens (including phenoxy) is 3. The summed E-state index contributed by atoms with van der Waals surface area (Å²) in [5, 5.41) is 3.29. The van der Waals surface area contributed by atoms with Crippen molar-refractivity contribution in [2.24, 2.45) is 0 Å². The van der Waals surface area contributed by atoms with Crippen molar-refractivity contribution in [1.82, 2.24) is 19.9 Å². The van der Waals surface area contributed by atoms with E-state index in [1.54, 1.807) is 0 Å². The van der Waals surface area contributed by atoms with Crippen molar-refractivity contribution in [3.63, 3.8) is 0 Å². The Balaban J connectivity index is 1.74. The molecule has 0 saturated carbocycles. The molecular formula is C14H21N5O3. The Morgan fingerprint density at radius 2 is 1.82 bits per heavy atom. The van der Waals surface area contributed by atoms with Gasteiger partial charge in [-0.3, -0.25) is 4.90 Å². The fourth-order valence-electron chi connectivity index (χ4n) is 2.80. The summed E-state index contributed by atoms with van der Waals surface area (Å²) in [6.45, 7) is 3.48. The third-order valence-electron chi connectivity index (χ3n) is 3.87. The molecule has 8 heteroatoms. The van der Waals surface area contributed by atoms with Gasteiger partial charge in [0.15, 0.2) is 0 Å². The Morgan fingerprint density at radius 1 is 1.14 bits per heavy atom. The van der Waals surface area contributed by atoms with Gasteiger partial charge in [0.05, 0.1) is 33.5 Å². The number of rotatable bonds is 5. The number of morpholine rings is 1. The Bertz CT molecular complexity index is 523. The molecule has 1 saturated heterocycles. The number of methoxy groups -OCH3 is 2. The van der Waals surface area contributed by atoms with Crippen molar-refractivity contribution in [3.05, 3.63) is 11.8 Å². The van der Waals surface area contributed by atoms with Gasteiger partial charge in [-0.15, -0.1) is 4.98 Å². The molecule has 1 aromatic rings. The van der Waals surface area contributed by atoms with Crippen LogP contribution in [0.15, 0.2) is 11.8 Å². The van der Waals surface area contributed by atoms with Crippen LogP contribution >= 0.6 is 0 Å². The third kappa shape index (κ3) is 3.28. The topological polar surface area (TPSA) is 81.6 Å². The van der Waals surface area contributed by atoms with Gasteiger partial charge in [-0.1, -0.05) is 6.08 Å². The molecule has 0 aromatic carbocycles. The molecule has 1 aliphatic heterocycles. The molecule has 3 rings (SSSR count). The first-order valence-corrected chi connectivity index (χ1v) is 7.43. The number of anilines is 1. The van der Waals surface area contributed by atoms with Crippen LogP contribution < -0.4 is 14.8 Å². The molecule has 0 spiro atoms. The first kappa shape index (κ1) is 15.0. The van der Waals surface area contributed by atoms with Gasteiger partial charge in [0.25, 0.3) is 0 Å². The van der Waals surface area contributed by atoms with E-state index in [0.29, 0.717) is 12.0 Å². The van der Waals surface area contributed by atoms with Gasteiger partial charge in [-0.05, 0) is 12.8 Å². The van der Waals surface area contributed by atoms with Crippen LogP contribution in [-0.4, -0.2) is 66.4 Å². The van der Waals surface area contributed by atoms with E-state index in [1.807, 2.05) is 0 Å². The molecule has 1 aromatic heterocycles. The van der Waals surface area contributed by atoms with Gasteiger partial charge in [0, 0.05) is 18.8 Å². The fourth-order valence-corrected chi connectivity index (χ4v) is 2.80. The number of nitrogens with zero attached hydrogens (tertiary/aromatic N) is 4. The summed E-state index contributed by atoms with van der Waals surface area (Å²) in [6, 6.07) is 0.824. The first-order chi connectivity index (χ1) is 10.8. The second kappa shape index (κ2) is 6.89. The molecule has 1 N–H and O–H groups in total. The molecule has 1 aliphatic carbocycles. The number of nitrogens with one attached hydrogen (secondary N) is 1. The molecule has 2 heterocycles. The SMILES string of the molecule is COc1nc(NC2=CCCC2N2CCOCC2)nc(OC)n1. The largest absolute Gasteiger partial charge is 0.467 e. The van der Waals surface area contributed by atoms with Gasteiger partial charge in [0.1, 0.15) is 0 Å². The van der Waals surface area contributed by atoms with Crippen molar-refractivity contribution in [2.45, 2.75) is 18.9 Å². The molecule has 2 aliphatic rings. The highest BCUT2D eigenvalue weighted by Crippen LogP contribution is 2.26. The third-order valence-corrected chi connectivity index (χ3v) is 3.87. The van der Waals surface area contributed by atoms with Gasteiger partial charge < -0.3 is 19.5 Å². The van der Waals surface area contributed by atoms with Crippen molar-refractivity contribution in [1.29, 1.82) is 0 Å². The van der Waals surface area contributed by atoms with Crippen LogP contribution in [0.2, 0.25) is 0 Å². The summed E-state index contributed by atoms with van der Waals surface area (Å²) in [5.41, 5.74) is 1.12. The Hall–Kier alpha value is -1.93. The fraction of sp³-hybridized carbons (Fsp3) is 0.643. The summed E-state index contributed by atoms with van der Waals surface area (Å²) in [6.07, 6.45) is 4.34. The lowest BCUT2D eigenvalue weighted by Gasteiger charge is -2.33. The second-order valence-electron chi connectivity index (χ2n) is 5.16. The molecule has 120 valence electrons. The summed E-state index contributed by atoms with van der Waals surface area (Å²) in [5.74, 6) is 0.440. The first-order valence-electron chi connectivity index (χ1n) is 7.43. The zero-order valence-electron chi connectivity index (χ0n) is 12.9. The van der Waals surface area contributed by atoms with E-state index in [9.17, 15) is 0 Å². The smallest absolute Gasteiger partial charge is 0.324 e. The lowest BCUT2D eigenvalue weighted by atomic mass is 10.2. The van der Waals surface area contributed by atoms with Gasteiger partial charge >= 0.3 is 12.0 Å². The van der Waals surface area contributed by atoms with Crippen LogP contribution in [0.3, 0.4) is 0 Å². The van der Waals surface area contributed by atoms with E-state index in [4.69, 9.17) is 14.2 Å². The molecular weight excluding hydrogens is 286 g/mol. The normalized spacial score (nSPS) is 22.3. The monoisotopic (exact) mass is 307 g/mol. The Kier molecular flexibility index (Phi) is 4.69. The average molecular weight is 307 g/mol. The van der Waals surface area contributed by atoms with Crippen LogP contribution in [0, 0.1) is 0 Å². The summed E-state index contributed by atoms with van der Waals surface area (Å²) >= 11 is 0. The van der Waals surface area contributed by atoms with Crippen LogP contribution in [0.25, 0.3) is 0 Å². The predicted octanol–water partition coefficient (Wildman–Crippen LogP) is 0.679. The minimum Gasteiger partial charge on any atom is -0.467 e. The summed E-state index contributed by atoms with van der Waals surface area (Å²) < 4.78 is 15.6. The highest BCUT2D eigenvalue weighted by Gasteiger charge is 2.28. The van der Waals surface area contributed by atoms with E-state index < -0.39 is 0 Å². The minimum atomic E-state index is 0.232. The average Bonchev–Trinajstić information content (AvgIpc) is 3.03. The van der Waals surface area contributed by atoms with E-state index >= 15 is 0 Å². The van der Waals surface area contributed by atoms with Crippen LogP contribution in [0.4, 0.5) is 5.95 Å². The van der Waals surface area contributed by atoms with Crippen LogP contribution in [0.1, 0.15) is 12.8 Å². The predicted molar refractivity (Wildman–Crippen MR) is 80.1 cm³/mol.